The Morgan fingerprint density at radius 1 is 1.31 bits per heavy atom. The van der Waals surface area contributed by atoms with Crippen LogP contribution in [0.15, 0.2) is 11.1 Å². The third-order valence-electron chi connectivity index (χ3n) is 1.83. The molecule has 2 nitrogen and oxygen atoms in total. The van der Waals surface area contributed by atoms with Crippen molar-refractivity contribution in [3.8, 4) is 0 Å². The maximum absolute atomic E-state index is 11.3. The third kappa shape index (κ3) is 6.85. The number of ether oxygens (including phenoxy) is 1. The fraction of sp³-hybridized carbons (Fsp3) is 0.700. The molecule has 0 aromatic rings. The van der Waals surface area contributed by atoms with Gasteiger partial charge in [0.15, 0.2) is 0 Å². The van der Waals surface area contributed by atoms with E-state index in [2.05, 4.69) is 0 Å². The van der Waals surface area contributed by atoms with Crippen molar-refractivity contribution in [2.75, 3.05) is 6.61 Å². The monoisotopic (exact) mass is 306 g/mol. The molecule has 0 aromatic carbocycles. The van der Waals surface area contributed by atoms with Crippen LogP contribution in [0.25, 0.3) is 0 Å². The normalized spacial score (nSPS) is 13.8. The first kappa shape index (κ1) is 16.4. The SMILES string of the molecule is CCOC(=O)CC(C)(C)C(Cl)=CC(Cl)(Cl)Cl. The molecule has 6 heteroatoms. The van der Waals surface area contributed by atoms with E-state index in [1.54, 1.807) is 20.8 Å². The topological polar surface area (TPSA) is 26.3 Å². The molecule has 94 valence electrons. The Balaban J connectivity index is 4.66. The van der Waals surface area contributed by atoms with E-state index in [1.165, 1.54) is 6.08 Å². The van der Waals surface area contributed by atoms with Crippen LogP contribution in [0.4, 0.5) is 0 Å². The Labute approximate surface area is 116 Å². The van der Waals surface area contributed by atoms with E-state index in [-0.39, 0.29) is 12.4 Å². The second-order valence-corrected chi connectivity index (χ2v) is 6.68. The first-order chi connectivity index (χ1) is 7.08. The highest BCUT2D eigenvalue weighted by Crippen LogP contribution is 2.38. The minimum atomic E-state index is -1.57. The van der Waals surface area contributed by atoms with E-state index in [9.17, 15) is 4.79 Å². The number of carbonyl (C=O) groups is 1. The van der Waals surface area contributed by atoms with Gasteiger partial charge >= 0.3 is 5.97 Å². The van der Waals surface area contributed by atoms with Crippen LogP contribution in [0.3, 0.4) is 0 Å². The predicted octanol–water partition coefficient (Wildman–Crippen LogP) is 4.46. The van der Waals surface area contributed by atoms with Crippen molar-refractivity contribution in [3.63, 3.8) is 0 Å². The van der Waals surface area contributed by atoms with Gasteiger partial charge in [-0.05, 0) is 13.0 Å². The van der Waals surface area contributed by atoms with Crippen molar-refractivity contribution in [1.29, 1.82) is 0 Å². The zero-order chi connectivity index (χ0) is 13.0. The van der Waals surface area contributed by atoms with Gasteiger partial charge in [0.1, 0.15) is 0 Å². The Hall–Kier alpha value is 0.370. The molecule has 0 saturated heterocycles. The highest BCUT2D eigenvalue weighted by molar-refractivity contribution is 6.69. The molecular formula is C10H14Cl4O2. The van der Waals surface area contributed by atoms with Crippen molar-refractivity contribution in [2.24, 2.45) is 5.41 Å². The molecule has 0 fully saturated rings. The molecule has 0 radical (unpaired) electrons. The number of rotatable bonds is 4. The van der Waals surface area contributed by atoms with Gasteiger partial charge in [-0.15, -0.1) is 0 Å². The number of halogens is 4. The van der Waals surface area contributed by atoms with Crippen molar-refractivity contribution >= 4 is 52.4 Å². The molecule has 0 unspecified atom stereocenters. The Morgan fingerprint density at radius 2 is 1.81 bits per heavy atom. The average molecular weight is 308 g/mol. The molecule has 0 aliphatic carbocycles. The van der Waals surface area contributed by atoms with Crippen molar-refractivity contribution in [2.45, 2.75) is 31.0 Å². The summed E-state index contributed by atoms with van der Waals surface area (Å²) in [6.45, 7) is 5.63. The summed E-state index contributed by atoms with van der Waals surface area (Å²) in [4.78, 5) is 11.3. The van der Waals surface area contributed by atoms with Crippen LogP contribution in [0.5, 0.6) is 0 Å². The Kier molecular flexibility index (Phi) is 6.49. The van der Waals surface area contributed by atoms with E-state index < -0.39 is 9.21 Å². The second kappa shape index (κ2) is 6.34. The van der Waals surface area contributed by atoms with Crippen LogP contribution >= 0.6 is 46.4 Å². The van der Waals surface area contributed by atoms with Crippen molar-refractivity contribution < 1.29 is 9.53 Å². The van der Waals surface area contributed by atoms with E-state index in [0.717, 1.165) is 0 Å². The molecule has 0 saturated carbocycles. The molecule has 0 rings (SSSR count). The standard InChI is InChI=1S/C10H14Cl4O2/c1-4-16-8(15)6-9(2,3)7(11)5-10(12,13)14/h5H,4,6H2,1-3H3. The molecular weight excluding hydrogens is 294 g/mol. The summed E-state index contributed by atoms with van der Waals surface area (Å²) >= 11 is 22.8. The minimum absolute atomic E-state index is 0.136. The average Bonchev–Trinajstić information content (AvgIpc) is 1.99. The molecule has 0 atom stereocenters. The van der Waals surface area contributed by atoms with Gasteiger partial charge in [0.2, 0.25) is 3.79 Å². The zero-order valence-electron chi connectivity index (χ0n) is 9.32. The summed E-state index contributed by atoms with van der Waals surface area (Å²) in [7, 11) is 0. The number of alkyl halides is 3. The van der Waals surface area contributed by atoms with Gasteiger partial charge in [-0.2, -0.15) is 0 Å². The lowest BCUT2D eigenvalue weighted by Gasteiger charge is -2.24. The summed E-state index contributed by atoms with van der Waals surface area (Å²) in [5.74, 6) is -0.330. The number of allylic oxidation sites excluding steroid dienone is 2. The fourth-order valence-electron chi connectivity index (χ4n) is 0.996. The highest BCUT2D eigenvalue weighted by Gasteiger charge is 2.29. The number of hydrogen-bond donors (Lipinski definition) is 0. The minimum Gasteiger partial charge on any atom is -0.466 e. The summed E-state index contributed by atoms with van der Waals surface area (Å²) < 4.78 is 3.27. The van der Waals surface area contributed by atoms with Gasteiger partial charge in [-0.25, -0.2) is 0 Å². The van der Waals surface area contributed by atoms with E-state index >= 15 is 0 Å². The summed E-state index contributed by atoms with van der Waals surface area (Å²) in [5.41, 5.74) is -0.613. The van der Waals surface area contributed by atoms with Gasteiger partial charge in [0, 0.05) is 10.4 Å². The van der Waals surface area contributed by atoms with Gasteiger partial charge in [-0.3, -0.25) is 4.79 Å². The molecule has 0 bridgehead atoms. The lowest BCUT2D eigenvalue weighted by atomic mass is 9.88. The van der Waals surface area contributed by atoms with Crippen LogP contribution < -0.4 is 0 Å². The fourth-order valence-corrected chi connectivity index (χ4v) is 1.72. The smallest absolute Gasteiger partial charge is 0.306 e. The lowest BCUT2D eigenvalue weighted by Crippen LogP contribution is -2.20. The van der Waals surface area contributed by atoms with Crippen LogP contribution in [-0.4, -0.2) is 16.4 Å². The Morgan fingerprint density at radius 3 is 2.19 bits per heavy atom. The number of carbonyl (C=O) groups excluding carboxylic acids is 1. The van der Waals surface area contributed by atoms with E-state index in [0.29, 0.717) is 11.6 Å². The maximum Gasteiger partial charge on any atom is 0.306 e. The first-order valence-electron chi connectivity index (χ1n) is 4.69. The molecule has 0 spiro atoms. The first-order valence-corrected chi connectivity index (χ1v) is 6.21. The van der Waals surface area contributed by atoms with Crippen molar-refractivity contribution in [3.05, 3.63) is 11.1 Å². The van der Waals surface area contributed by atoms with Crippen LogP contribution in [0.1, 0.15) is 27.2 Å². The van der Waals surface area contributed by atoms with Gasteiger partial charge in [-0.1, -0.05) is 60.3 Å². The van der Waals surface area contributed by atoms with Crippen molar-refractivity contribution in [1.82, 2.24) is 0 Å². The summed E-state index contributed by atoms with van der Waals surface area (Å²) in [5, 5.41) is 0.320. The summed E-state index contributed by atoms with van der Waals surface area (Å²) in [6.07, 6.45) is 1.43. The molecule has 16 heavy (non-hydrogen) atoms. The molecule has 0 amide bonds. The van der Waals surface area contributed by atoms with E-state index in [1.807, 2.05) is 0 Å². The van der Waals surface area contributed by atoms with Crippen LogP contribution in [-0.2, 0) is 9.53 Å². The lowest BCUT2D eigenvalue weighted by molar-refractivity contribution is -0.144. The Bertz CT molecular complexity index is 279. The second-order valence-electron chi connectivity index (χ2n) is 3.90. The molecule has 0 aliphatic rings. The van der Waals surface area contributed by atoms with Gasteiger partial charge in [0.05, 0.1) is 13.0 Å². The highest BCUT2D eigenvalue weighted by atomic mass is 35.6. The maximum atomic E-state index is 11.3. The van der Waals surface area contributed by atoms with E-state index in [4.69, 9.17) is 51.1 Å². The number of hydrogen-bond acceptors (Lipinski definition) is 2. The van der Waals surface area contributed by atoms with Gasteiger partial charge in [0.25, 0.3) is 0 Å². The molecule has 0 N–H and O–H groups in total. The quantitative estimate of drug-likeness (QED) is 0.566. The van der Waals surface area contributed by atoms with Gasteiger partial charge < -0.3 is 4.74 Å². The largest absolute Gasteiger partial charge is 0.466 e. The molecule has 0 aliphatic heterocycles. The zero-order valence-corrected chi connectivity index (χ0v) is 12.3. The number of esters is 1. The molecule has 0 aromatic heterocycles. The molecule has 0 heterocycles. The van der Waals surface area contributed by atoms with Crippen LogP contribution in [0.2, 0.25) is 0 Å². The van der Waals surface area contributed by atoms with Crippen LogP contribution in [0, 0.1) is 5.41 Å². The third-order valence-corrected chi connectivity index (χ3v) is 2.78. The summed E-state index contributed by atoms with van der Waals surface area (Å²) in [6, 6.07) is 0. The predicted molar refractivity (Wildman–Crippen MR) is 69.3 cm³/mol.